The van der Waals surface area contributed by atoms with E-state index in [1.807, 2.05) is 0 Å². The normalized spacial score (nSPS) is 11.0. The molecule has 0 fully saturated rings. The molecule has 0 N–H and O–H groups in total. The smallest absolute Gasteiger partial charge is 0.277 e. The Morgan fingerprint density at radius 3 is 2.74 bits per heavy atom. The van der Waals surface area contributed by atoms with Gasteiger partial charge in [0.15, 0.2) is 5.65 Å². The molecule has 0 saturated heterocycles. The fourth-order valence-electron chi connectivity index (χ4n) is 2.19. The van der Waals surface area contributed by atoms with Gasteiger partial charge in [-0.15, -0.1) is 0 Å². The Kier molecular flexibility index (Phi) is 4.08. The van der Waals surface area contributed by atoms with Crippen LogP contribution in [0.5, 0.6) is 5.75 Å². The number of methoxy groups -OCH3 is 1. The zero-order valence-corrected chi connectivity index (χ0v) is 14.4. The van der Waals surface area contributed by atoms with Crippen LogP contribution in [0.1, 0.15) is 5.69 Å². The number of aromatic nitrogens is 3. The quantitative estimate of drug-likeness (QED) is 0.661. The fraction of sp³-hybridized carbons (Fsp3) is 0.133. The molecule has 0 spiro atoms. The molecule has 0 aliphatic rings. The van der Waals surface area contributed by atoms with Gasteiger partial charge in [0.05, 0.1) is 12.8 Å². The second-order valence-corrected chi connectivity index (χ2v) is 5.96. The van der Waals surface area contributed by atoms with Crippen molar-refractivity contribution in [3.63, 3.8) is 0 Å². The van der Waals surface area contributed by atoms with Gasteiger partial charge in [0.25, 0.3) is 5.56 Å². The van der Waals surface area contributed by atoms with Crippen LogP contribution in [0.2, 0.25) is 5.02 Å². The minimum atomic E-state index is -0.529. The minimum absolute atomic E-state index is 0.0155. The van der Waals surface area contributed by atoms with Crippen LogP contribution in [0, 0.1) is 12.7 Å². The molecule has 0 radical (unpaired) electrons. The third-order valence-electron chi connectivity index (χ3n) is 3.32. The lowest BCUT2D eigenvalue weighted by molar-refractivity contribution is 0.411. The van der Waals surface area contributed by atoms with Crippen LogP contribution in [-0.2, 0) is 0 Å². The zero-order chi connectivity index (χ0) is 16.7. The average Bonchev–Trinajstić information content (AvgIpc) is 2.53. The van der Waals surface area contributed by atoms with E-state index in [0.29, 0.717) is 16.0 Å². The summed E-state index contributed by atoms with van der Waals surface area (Å²) in [4.78, 5) is 20.9. The molecule has 3 aromatic rings. The van der Waals surface area contributed by atoms with Gasteiger partial charge >= 0.3 is 0 Å². The van der Waals surface area contributed by atoms with Crippen molar-refractivity contribution in [2.45, 2.75) is 6.92 Å². The van der Waals surface area contributed by atoms with E-state index >= 15 is 0 Å². The number of halogens is 3. The van der Waals surface area contributed by atoms with E-state index in [1.54, 1.807) is 13.0 Å². The second-order valence-electron chi connectivity index (χ2n) is 4.77. The summed E-state index contributed by atoms with van der Waals surface area (Å²) < 4.78 is 21.0. The van der Waals surface area contributed by atoms with Gasteiger partial charge in [-0.2, -0.15) is 0 Å². The Hall–Kier alpha value is -1.99. The lowest BCUT2D eigenvalue weighted by atomic mass is 10.1. The standard InChI is InChI=1S/C15H10BrClFN3O2/c1-7-12(17)15(22)21-6-11(16)20-13(14(21)19-7)9-4-3-8(23-2)5-10(9)18/h3-6H,1-2H3. The molecule has 2 heterocycles. The van der Waals surface area contributed by atoms with Gasteiger partial charge in [0, 0.05) is 17.8 Å². The first-order chi connectivity index (χ1) is 10.9. The van der Waals surface area contributed by atoms with Crippen LogP contribution in [0.4, 0.5) is 4.39 Å². The molecule has 0 bridgehead atoms. The number of aryl methyl sites for hydroxylation is 1. The number of ether oxygens (including phenoxy) is 1. The number of nitrogens with zero attached hydrogens (tertiary/aromatic N) is 3. The molecule has 0 amide bonds. The first-order valence-corrected chi connectivity index (χ1v) is 7.68. The molecule has 0 atom stereocenters. The molecule has 2 aromatic heterocycles. The topological polar surface area (TPSA) is 56.5 Å². The predicted octanol–water partition coefficient (Wildman–Crippen LogP) is 3.63. The monoisotopic (exact) mass is 397 g/mol. The first-order valence-electron chi connectivity index (χ1n) is 6.51. The van der Waals surface area contributed by atoms with E-state index in [4.69, 9.17) is 16.3 Å². The van der Waals surface area contributed by atoms with E-state index in [0.717, 1.165) is 0 Å². The number of benzene rings is 1. The van der Waals surface area contributed by atoms with Crippen LogP contribution in [-0.4, -0.2) is 21.5 Å². The number of hydrogen-bond acceptors (Lipinski definition) is 4. The Bertz CT molecular complexity index is 991. The fourth-order valence-corrected chi connectivity index (χ4v) is 2.71. The number of hydrogen-bond donors (Lipinski definition) is 0. The Labute approximate surface area is 143 Å². The lowest BCUT2D eigenvalue weighted by Gasteiger charge is -2.10. The highest BCUT2D eigenvalue weighted by molar-refractivity contribution is 9.10. The molecular weight excluding hydrogens is 389 g/mol. The summed E-state index contributed by atoms with van der Waals surface area (Å²) >= 11 is 9.18. The summed E-state index contributed by atoms with van der Waals surface area (Å²) in [5.41, 5.74) is 0.585. The highest BCUT2D eigenvalue weighted by atomic mass is 79.9. The third-order valence-corrected chi connectivity index (χ3v) is 4.14. The molecule has 23 heavy (non-hydrogen) atoms. The molecule has 0 unspecified atom stereocenters. The van der Waals surface area contributed by atoms with Crippen molar-refractivity contribution in [3.05, 3.63) is 55.9 Å². The van der Waals surface area contributed by atoms with Crippen LogP contribution < -0.4 is 10.3 Å². The second kappa shape index (κ2) is 5.90. The Morgan fingerprint density at radius 2 is 2.09 bits per heavy atom. The van der Waals surface area contributed by atoms with Gasteiger partial charge in [-0.25, -0.2) is 14.4 Å². The molecule has 0 aliphatic heterocycles. The summed E-state index contributed by atoms with van der Waals surface area (Å²) in [5, 5.41) is 0.0155. The van der Waals surface area contributed by atoms with E-state index in [-0.39, 0.29) is 21.9 Å². The van der Waals surface area contributed by atoms with Crippen LogP contribution in [0.3, 0.4) is 0 Å². The van der Waals surface area contributed by atoms with E-state index < -0.39 is 11.4 Å². The van der Waals surface area contributed by atoms with Crippen LogP contribution >= 0.6 is 27.5 Å². The van der Waals surface area contributed by atoms with Crippen molar-refractivity contribution in [1.29, 1.82) is 0 Å². The average molecular weight is 399 g/mol. The maximum Gasteiger partial charge on any atom is 0.277 e. The summed E-state index contributed by atoms with van der Waals surface area (Å²) in [6.07, 6.45) is 1.45. The summed E-state index contributed by atoms with van der Waals surface area (Å²) in [6.45, 7) is 1.61. The third kappa shape index (κ3) is 2.70. The van der Waals surface area contributed by atoms with Crippen molar-refractivity contribution >= 4 is 33.2 Å². The van der Waals surface area contributed by atoms with E-state index in [9.17, 15) is 9.18 Å². The van der Waals surface area contributed by atoms with Crippen molar-refractivity contribution in [3.8, 4) is 17.0 Å². The molecule has 8 heteroatoms. The van der Waals surface area contributed by atoms with E-state index in [1.165, 1.54) is 29.8 Å². The van der Waals surface area contributed by atoms with E-state index in [2.05, 4.69) is 25.9 Å². The van der Waals surface area contributed by atoms with Gasteiger partial charge in [0.1, 0.15) is 26.9 Å². The van der Waals surface area contributed by atoms with Gasteiger partial charge in [-0.1, -0.05) is 11.6 Å². The van der Waals surface area contributed by atoms with Gasteiger partial charge in [-0.3, -0.25) is 9.20 Å². The van der Waals surface area contributed by atoms with Gasteiger partial charge in [0.2, 0.25) is 0 Å². The van der Waals surface area contributed by atoms with Gasteiger partial charge in [-0.05, 0) is 35.0 Å². The van der Waals surface area contributed by atoms with Crippen molar-refractivity contribution in [1.82, 2.24) is 14.4 Å². The first kappa shape index (κ1) is 15.9. The summed E-state index contributed by atoms with van der Waals surface area (Å²) in [5.74, 6) is -0.145. The van der Waals surface area contributed by atoms with Crippen molar-refractivity contribution in [2.24, 2.45) is 0 Å². The SMILES string of the molecule is COc1ccc(-c2nc(Br)cn3c(=O)c(Cl)c(C)nc23)c(F)c1. The molecule has 0 saturated carbocycles. The van der Waals surface area contributed by atoms with Gasteiger partial charge < -0.3 is 4.74 Å². The molecule has 0 aliphatic carbocycles. The number of fused-ring (bicyclic) bond motifs is 1. The zero-order valence-electron chi connectivity index (χ0n) is 12.1. The maximum atomic E-state index is 14.4. The molecular formula is C15H10BrClFN3O2. The summed E-state index contributed by atoms with van der Waals surface area (Å²) in [7, 11) is 1.45. The highest BCUT2D eigenvalue weighted by Crippen LogP contribution is 2.28. The molecule has 5 nitrogen and oxygen atoms in total. The van der Waals surface area contributed by atoms with Crippen molar-refractivity contribution in [2.75, 3.05) is 7.11 Å². The van der Waals surface area contributed by atoms with Crippen LogP contribution in [0.25, 0.3) is 16.9 Å². The molecule has 118 valence electrons. The predicted molar refractivity (Wildman–Crippen MR) is 88.7 cm³/mol. The largest absolute Gasteiger partial charge is 0.497 e. The lowest BCUT2D eigenvalue weighted by Crippen LogP contribution is -2.18. The molecule has 3 rings (SSSR count). The molecule has 1 aromatic carbocycles. The highest BCUT2D eigenvalue weighted by Gasteiger charge is 2.17. The van der Waals surface area contributed by atoms with Crippen LogP contribution in [0.15, 0.2) is 33.8 Å². The maximum absolute atomic E-state index is 14.4. The Balaban J connectivity index is 2.40. The van der Waals surface area contributed by atoms with Crippen molar-refractivity contribution < 1.29 is 9.13 Å². The number of rotatable bonds is 2. The Morgan fingerprint density at radius 1 is 1.35 bits per heavy atom. The minimum Gasteiger partial charge on any atom is -0.497 e. The summed E-state index contributed by atoms with van der Waals surface area (Å²) in [6, 6.07) is 4.38.